The molecular weight excluding hydrogens is 454 g/mol. The summed E-state index contributed by atoms with van der Waals surface area (Å²) < 4.78 is 5.95. The van der Waals surface area contributed by atoms with Gasteiger partial charge in [0.05, 0.1) is 4.91 Å². The fraction of sp³-hybridized carbons (Fsp3) is 0.133. The monoisotopic (exact) mass is 479 g/mol. The second kappa shape index (κ2) is 10.6. The highest BCUT2D eigenvalue weighted by atomic mass is 32.2. The van der Waals surface area contributed by atoms with Crippen LogP contribution in [0.2, 0.25) is 0 Å². The van der Waals surface area contributed by atoms with E-state index in [2.05, 4.69) is 42.5 Å². The van der Waals surface area contributed by atoms with Gasteiger partial charge < -0.3 is 4.74 Å². The molecule has 5 heteroatoms. The third kappa shape index (κ3) is 5.64. The topological polar surface area (TPSA) is 46.6 Å². The zero-order valence-corrected chi connectivity index (χ0v) is 20.0. The molecule has 4 nitrogen and oxygen atoms in total. The molecule has 0 unspecified atom stereocenters. The van der Waals surface area contributed by atoms with Gasteiger partial charge in [0.1, 0.15) is 12.4 Å². The van der Waals surface area contributed by atoms with Gasteiger partial charge in [-0.3, -0.25) is 14.5 Å². The fourth-order valence-electron chi connectivity index (χ4n) is 4.09. The highest BCUT2D eigenvalue weighted by Crippen LogP contribution is 2.32. The number of nitrogens with zero attached hydrogens (tertiary/aromatic N) is 1. The molecule has 35 heavy (non-hydrogen) atoms. The first kappa shape index (κ1) is 22.9. The summed E-state index contributed by atoms with van der Waals surface area (Å²) in [6.07, 6.45) is 3.36. The van der Waals surface area contributed by atoms with Crippen LogP contribution in [0.1, 0.15) is 23.1 Å². The number of imide groups is 1. The minimum atomic E-state index is -0.218. The molecule has 0 N–H and O–H groups in total. The van der Waals surface area contributed by atoms with Crippen LogP contribution in [0.5, 0.6) is 5.75 Å². The lowest BCUT2D eigenvalue weighted by Gasteiger charge is -2.12. The van der Waals surface area contributed by atoms with Crippen molar-refractivity contribution in [3.05, 3.63) is 119 Å². The van der Waals surface area contributed by atoms with Crippen molar-refractivity contribution in [2.45, 2.75) is 19.4 Å². The molecule has 0 saturated carbocycles. The summed E-state index contributed by atoms with van der Waals surface area (Å²) in [5.41, 5.74) is 3.17. The summed E-state index contributed by atoms with van der Waals surface area (Å²) in [7, 11) is 0. The highest BCUT2D eigenvalue weighted by molar-refractivity contribution is 8.18. The second-order valence-electron chi connectivity index (χ2n) is 8.46. The predicted molar refractivity (Wildman–Crippen MR) is 142 cm³/mol. The lowest BCUT2D eigenvalue weighted by atomic mass is 10.1. The standard InChI is InChI=1S/C30H25NO3S/c32-29-28(35-30(33)31(29)18-6-9-22-7-2-1-3-8-22)20-23-13-16-27(17-14-23)34-21-24-12-15-25-10-4-5-11-26(25)19-24/h1-5,7-8,10-17,19-20H,6,9,18,21H2/b28-20+. The van der Waals surface area contributed by atoms with E-state index < -0.39 is 0 Å². The Labute approximate surface area is 209 Å². The Balaban J connectivity index is 1.17. The van der Waals surface area contributed by atoms with Crippen LogP contribution in [0.4, 0.5) is 4.79 Å². The summed E-state index contributed by atoms with van der Waals surface area (Å²) in [5.74, 6) is 0.536. The van der Waals surface area contributed by atoms with Crippen molar-refractivity contribution in [2.75, 3.05) is 6.54 Å². The van der Waals surface area contributed by atoms with Gasteiger partial charge >= 0.3 is 0 Å². The number of thioether (sulfide) groups is 1. The van der Waals surface area contributed by atoms with Crippen molar-refractivity contribution < 1.29 is 14.3 Å². The molecule has 0 spiro atoms. The first-order chi connectivity index (χ1) is 17.2. The van der Waals surface area contributed by atoms with Crippen molar-refractivity contribution in [2.24, 2.45) is 0 Å². The third-order valence-corrected chi connectivity index (χ3v) is 6.87. The van der Waals surface area contributed by atoms with Gasteiger partial charge in [0, 0.05) is 6.54 Å². The Morgan fingerprint density at radius 3 is 2.31 bits per heavy atom. The average molecular weight is 480 g/mol. The van der Waals surface area contributed by atoms with Gasteiger partial charge in [0.15, 0.2) is 0 Å². The third-order valence-electron chi connectivity index (χ3n) is 5.96. The van der Waals surface area contributed by atoms with E-state index in [0.717, 1.165) is 41.5 Å². The van der Waals surface area contributed by atoms with Gasteiger partial charge in [0.2, 0.25) is 0 Å². The maximum Gasteiger partial charge on any atom is 0.293 e. The quantitative estimate of drug-likeness (QED) is 0.253. The van der Waals surface area contributed by atoms with Crippen LogP contribution in [0.3, 0.4) is 0 Å². The molecule has 1 fully saturated rings. The van der Waals surface area contributed by atoms with Crippen LogP contribution in [0, 0.1) is 0 Å². The minimum absolute atomic E-state index is 0.204. The molecule has 4 aromatic carbocycles. The van der Waals surface area contributed by atoms with E-state index in [1.165, 1.54) is 21.2 Å². The SMILES string of the molecule is O=C1S/C(=C/c2ccc(OCc3ccc4ccccc4c3)cc2)C(=O)N1CCCc1ccccc1. The fourth-order valence-corrected chi connectivity index (χ4v) is 4.95. The molecule has 0 radical (unpaired) electrons. The predicted octanol–water partition coefficient (Wildman–Crippen LogP) is 7.09. The first-order valence-corrected chi connectivity index (χ1v) is 12.5. The molecule has 1 aliphatic heterocycles. The van der Waals surface area contributed by atoms with E-state index in [1.807, 2.05) is 54.6 Å². The Hall–Kier alpha value is -3.83. The Bertz CT molecular complexity index is 1380. The van der Waals surface area contributed by atoms with Crippen molar-refractivity contribution >= 4 is 39.8 Å². The van der Waals surface area contributed by atoms with Gasteiger partial charge in [-0.1, -0.05) is 78.9 Å². The summed E-state index contributed by atoms with van der Waals surface area (Å²) in [4.78, 5) is 27.0. The molecule has 0 aliphatic carbocycles. The van der Waals surface area contributed by atoms with E-state index in [9.17, 15) is 9.59 Å². The number of ether oxygens (including phenoxy) is 1. The molecular formula is C30H25NO3S. The molecule has 0 bridgehead atoms. The van der Waals surface area contributed by atoms with Crippen LogP contribution < -0.4 is 4.74 Å². The minimum Gasteiger partial charge on any atom is -0.489 e. The van der Waals surface area contributed by atoms with Crippen molar-refractivity contribution in [3.8, 4) is 5.75 Å². The molecule has 0 atom stereocenters. The number of fused-ring (bicyclic) bond motifs is 1. The number of aryl methyl sites for hydroxylation is 1. The normalized spacial score (nSPS) is 14.7. The zero-order chi connectivity index (χ0) is 24.0. The lowest BCUT2D eigenvalue weighted by molar-refractivity contribution is -0.122. The molecule has 1 aliphatic rings. The van der Waals surface area contributed by atoms with E-state index in [-0.39, 0.29) is 11.1 Å². The van der Waals surface area contributed by atoms with Crippen LogP contribution in [0.25, 0.3) is 16.8 Å². The zero-order valence-electron chi connectivity index (χ0n) is 19.2. The number of rotatable bonds is 8. The summed E-state index contributed by atoms with van der Waals surface area (Å²) in [6, 6.07) is 32.2. The van der Waals surface area contributed by atoms with Crippen molar-refractivity contribution in [1.29, 1.82) is 0 Å². The Morgan fingerprint density at radius 2 is 1.51 bits per heavy atom. The summed E-state index contributed by atoms with van der Waals surface area (Å²) >= 11 is 1.00. The van der Waals surface area contributed by atoms with Gasteiger partial charge in [-0.05, 0) is 76.3 Å². The molecule has 2 amide bonds. The number of hydrogen-bond donors (Lipinski definition) is 0. The van der Waals surface area contributed by atoms with Gasteiger partial charge in [-0.15, -0.1) is 0 Å². The van der Waals surface area contributed by atoms with Crippen molar-refractivity contribution in [3.63, 3.8) is 0 Å². The molecule has 5 rings (SSSR count). The van der Waals surface area contributed by atoms with Crippen LogP contribution in [-0.4, -0.2) is 22.6 Å². The van der Waals surface area contributed by atoms with Gasteiger partial charge in [-0.25, -0.2) is 0 Å². The first-order valence-electron chi connectivity index (χ1n) is 11.7. The lowest BCUT2D eigenvalue weighted by Crippen LogP contribution is -2.29. The van der Waals surface area contributed by atoms with Crippen LogP contribution >= 0.6 is 11.8 Å². The number of hydrogen-bond acceptors (Lipinski definition) is 4. The number of benzene rings is 4. The largest absolute Gasteiger partial charge is 0.489 e. The van der Waals surface area contributed by atoms with E-state index in [0.29, 0.717) is 18.1 Å². The van der Waals surface area contributed by atoms with Gasteiger partial charge in [0.25, 0.3) is 11.1 Å². The average Bonchev–Trinajstić information content (AvgIpc) is 3.16. The van der Waals surface area contributed by atoms with Gasteiger partial charge in [-0.2, -0.15) is 0 Å². The maximum atomic E-state index is 12.8. The molecule has 1 heterocycles. The van der Waals surface area contributed by atoms with E-state index in [1.54, 1.807) is 6.08 Å². The molecule has 0 aromatic heterocycles. The summed E-state index contributed by atoms with van der Waals surface area (Å²) in [5, 5.41) is 2.20. The number of amides is 2. The Morgan fingerprint density at radius 1 is 0.771 bits per heavy atom. The number of carbonyl (C=O) groups is 2. The molecule has 1 saturated heterocycles. The molecule has 4 aromatic rings. The van der Waals surface area contributed by atoms with Crippen LogP contribution in [0.15, 0.2) is 102 Å². The van der Waals surface area contributed by atoms with Crippen LogP contribution in [-0.2, 0) is 17.8 Å². The second-order valence-corrected chi connectivity index (χ2v) is 9.45. The van der Waals surface area contributed by atoms with E-state index >= 15 is 0 Å². The Kier molecular flexibility index (Phi) is 6.96. The number of carbonyl (C=O) groups excluding carboxylic acids is 2. The summed E-state index contributed by atoms with van der Waals surface area (Å²) in [6.45, 7) is 0.907. The highest BCUT2D eigenvalue weighted by Gasteiger charge is 2.34. The molecule has 174 valence electrons. The maximum absolute atomic E-state index is 12.8. The van der Waals surface area contributed by atoms with Crippen molar-refractivity contribution in [1.82, 2.24) is 4.90 Å². The van der Waals surface area contributed by atoms with E-state index in [4.69, 9.17) is 4.74 Å². The smallest absolute Gasteiger partial charge is 0.293 e.